The summed E-state index contributed by atoms with van der Waals surface area (Å²) < 4.78 is 17.3. The molecule has 0 spiro atoms. The number of carbonyl (C=O) groups excluding carboxylic acids is 1. The molecular weight excluding hydrogens is 458 g/mol. The molecule has 2 heterocycles. The van der Waals surface area contributed by atoms with Crippen molar-refractivity contribution in [2.45, 2.75) is 46.3 Å². The first-order valence-electron chi connectivity index (χ1n) is 12.4. The number of benzene rings is 2. The summed E-state index contributed by atoms with van der Waals surface area (Å²) in [5.74, 6) is 1.61. The average molecular weight is 494 g/mol. The maximum absolute atomic E-state index is 13.5. The molecule has 1 atom stereocenters. The van der Waals surface area contributed by atoms with E-state index in [-0.39, 0.29) is 17.8 Å². The number of H-pyrrole nitrogens is 1. The van der Waals surface area contributed by atoms with Gasteiger partial charge in [0, 0.05) is 24.3 Å². The van der Waals surface area contributed by atoms with Gasteiger partial charge in [0.05, 0.1) is 25.9 Å². The van der Waals surface area contributed by atoms with Crippen LogP contribution in [-0.4, -0.2) is 59.1 Å². The minimum atomic E-state index is -0.409. The summed E-state index contributed by atoms with van der Waals surface area (Å²) in [6.45, 7) is 9.80. The maximum atomic E-state index is 13.5. The van der Waals surface area contributed by atoms with E-state index >= 15 is 0 Å². The number of phenolic OH excluding ortho intramolecular Hbond substituents is 1. The van der Waals surface area contributed by atoms with E-state index < -0.39 is 6.04 Å². The largest absolute Gasteiger partial charge is 0.507 e. The summed E-state index contributed by atoms with van der Waals surface area (Å²) in [7, 11) is 1.61. The molecule has 0 radical (unpaired) electrons. The summed E-state index contributed by atoms with van der Waals surface area (Å²) in [4.78, 5) is 15.4. The number of nitrogens with zero attached hydrogens (tertiary/aromatic N) is 2. The highest BCUT2D eigenvalue weighted by molar-refractivity contribution is 6.00. The molecule has 2 N–H and O–H groups in total. The molecule has 1 aliphatic rings. The molecule has 1 aromatic heterocycles. The molecule has 192 valence electrons. The van der Waals surface area contributed by atoms with Gasteiger partial charge in [-0.2, -0.15) is 5.10 Å². The SMILES string of the molecule is COc1cc([C@H]2c3c(-c4ccccc4O)n[nH]c3C(=O)N2CCCOC(C)C)ccc1OCC(C)C. The molecule has 3 aromatic rings. The molecule has 0 saturated carbocycles. The van der Waals surface area contributed by atoms with Gasteiger partial charge in [0.2, 0.25) is 0 Å². The Balaban J connectivity index is 1.75. The van der Waals surface area contributed by atoms with Crippen molar-refractivity contribution in [3.05, 3.63) is 59.3 Å². The first-order chi connectivity index (χ1) is 17.3. The third-order valence-corrected chi connectivity index (χ3v) is 6.09. The van der Waals surface area contributed by atoms with Crippen molar-refractivity contribution in [3.63, 3.8) is 0 Å². The second-order valence-electron chi connectivity index (χ2n) is 9.67. The number of hydrogen-bond acceptors (Lipinski definition) is 6. The zero-order valence-corrected chi connectivity index (χ0v) is 21.6. The number of ether oxygens (including phenoxy) is 3. The number of para-hydroxylation sites is 1. The standard InChI is InChI=1S/C28H35N3O5/c1-17(2)16-36-22-12-11-19(15-23(22)34-5)27-24-25(20-9-6-7-10-21(20)32)29-30-26(24)28(33)31(27)13-8-14-35-18(3)4/h6-7,9-12,15,17-18,27,32H,8,13-14,16H2,1-5H3,(H,29,30)/t27-/m0/s1. The molecule has 8 heteroatoms. The number of carbonyl (C=O) groups is 1. The molecule has 0 bridgehead atoms. The van der Waals surface area contributed by atoms with Crippen LogP contribution in [0.25, 0.3) is 11.3 Å². The highest BCUT2D eigenvalue weighted by Crippen LogP contribution is 2.45. The number of fused-ring (bicyclic) bond motifs is 1. The van der Waals surface area contributed by atoms with Gasteiger partial charge >= 0.3 is 0 Å². The van der Waals surface area contributed by atoms with Gasteiger partial charge in [-0.05, 0) is 56.0 Å². The molecule has 0 unspecified atom stereocenters. The van der Waals surface area contributed by atoms with E-state index in [0.717, 1.165) is 11.1 Å². The number of phenols is 1. The van der Waals surface area contributed by atoms with E-state index in [4.69, 9.17) is 14.2 Å². The fourth-order valence-electron chi connectivity index (χ4n) is 4.44. The molecule has 8 nitrogen and oxygen atoms in total. The quantitative estimate of drug-likeness (QED) is 0.357. The van der Waals surface area contributed by atoms with E-state index in [1.165, 1.54) is 0 Å². The lowest BCUT2D eigenvalue weighted by molar-refractivity contribution is 0.0601. The van der Waals surface area contributed by atoms with E-state index in [0.29, 0.717) is 60.5 Å². The second-order valence-corrected chi connectivity index (χ2v) is 9.67. The predicted molar refractivity (Wildman–Crippen MR) is 138 cm³/mol. The highest BCUT2D eigenvalue weighted by atomic mass is 16.5. The normalized spacial score (nSPS) is 15.1. The molecule has 2 aromatic carbocycles. The maximum Gasteiger partial charge on any atom is 0.273 e. The molecule has 0 saturated heterocycles. The minimum Gasteiger partial charge on any atom is -0.507 e. The monoisotopic (exact) mass is 493 g/mol. The van der Waals surface area contributed by atoms with Crippen molar-refractivity contribution in [3.8, 4) is 28.5 Å². The summed E-state index contributed by atoms with van der Waals surface area (Å²) in [5, 5.41) is 17.9. The van der Waals surface area contributed by atoms with Gasteiger partial charge in [-0.25, -0.2) is 0 Å². The van der Waals surface area contributed by atoms with Crippen LogP contribution < -0.4 is 9.47 Å². The Kier molecular flexibility index (Phi) is 7.84. The second kappa shape index (κ2) is 11.0. The Morgan fingerprint density at radius 1 is 1.11 bits per heavy atom. The van der Waals surface area contributed by atoms with E-state index in [2.05, 4.69) is 24.0 Å². The number of hydrogen-bond donors (Lipinski definition) is 2. The van der Waals surface area contributed by atoms with Crippen LogP contribution in [0, 0.1) is 5.92 Å². The predicted octanol–water partition coefficient (Wildman–Crippen LogP) is 5.19. The van der Waals surface area contributed by atoms with Crippen LogP contribution in [0.3, 0.4) is 0 Å². The van der Waals surface area contributed by atoms with Crippen LogP contribution in [0.1, 0.15) is 61.8 Å². The summed E-state index contributed by atoms with van der Waals surface area (Å²) in [6.07, 6.45) is 0.818. The average Bonchev–Trinajstić information content (AvgIpc) is 3.39. The van der Waals surface area contributed by atoms with Crippen molar-refractivity contribution in [2.24, 2.45) is 5.92 Å². The fourth-order valence-corrected chi connectivity index (χ4v) is 4.44. The van der Waals surface area contributed by atoms with Crippen LogP contribution >= 0.6 is 0 Å². The minimum absolute atomic E-state index is 0.108. The van der Waals surface area contributed by atoms with Crippen molar-refractivity contribution in [1.82, 2.24) is 15.1 Å². The van der Waals surface area contributed by atoms with E-state index in [1.54, 1.807) is 25.3 Å². The summed E-state index contributed by atoms with van der Waals surface area (Å²) in [6, 6.07) is 12.4. The summed E-state index contributed by atoms with van der Waals surface area (Å²) >= 11 is 0. The third kappa shape index (κ3) is 5.18. The van der Waals surface area contributed by atoms with Crippen molar-refractivity contribution in [1.29, 1.82) is 0 Å². The van der Waals surface area contributed by atoms with Gasteiger partial charge in [0.15, 0.2) is 11.5 Å². The lowest BCUT2D eigenvalue weighted by Crippen LogP contribution is -2.31. The van der Waals surface area contributed by atoms with Crippen molar-refractivity contribution < 1.29 is 24.1 Å². The zero-order valence-electron chi connectivity index (χ0n) is 21.6. The number of rotatable bonds is 11. The number of aromatic amines is 1. The smallest absolute Gasteiger partial charge is 0.273 e. The number of aromatic hydroxyl groups is 1. The summed E-state index contributed by atoms with van der Waals surface area (Å²) in [5.41, 5.74) is 3.17. The van der Waals surface area contributed by atoms with Gasteiger partial charge in [0.1, 0.15) is 17.1 Å². The van der Waals surface area contributed by atoms with Gasteiger partial charge in [-0.3, -0.25) is 9.89 Å². The molecule has 36 heavy (non-hydrogen) atoms. The Bertz CT molecular complexity index is 1200. The highest BCUT2D eigenvalue weighted by Gasteiger charge is 2.42. The van der Waals surface area contributed by atoms with Gasteiger partial charge in [-0.15, -0.1) is 0 Å². The Labute approximate surface area is 212 Å². The number of aromatic nitrogens is 2. The lowest BCUT2D eigenvalue weighted by Gasteiger charge is -2.27. The number of amides is 1. The Hall–Kier alpha value is -3.52. The van der Waals surface area contributed by atoms with Gasteiger partial charge < -0.3 is 24.2 Å². The van der Waals surface area contributed by atoms with Gasteiger partial charge in [0.25, 0.3) is 5.91 Å². The van der Waals surface area contributed by atoms with E-state index in [1.807, 2.05) is 43.0 Å². The van der Waals surface area contributed by atoms with Crippen LogP contribution in [0.5, 0.6) is 17.2 Å². The van der Waals surface area contributed by atoms with Crippen LogP contribution in [-0.2, 0) is 4.74 Å². The fraction of sp³-hybridized carbons (Fsp3) is 0.429. The van der Waals surface area contributed by atoms with Crippen LogP contribution in [0.4, 0.5) is 0 Å². The molecule has 4 rings (SSSR count). The van der Waals surface area contributed by atoms with Crippen molar-refractivity contribution in [2.75, 3.05) is 26.9 Å². The lowest BCUT2D eigenvalue weighted by atomic mass is 9.95. The molecule has 0 fully saturated rings. The van der Waals surface area contributed by atoms with Crippen LogP contribution in [0.2, 0.25) is 0 Å². The van der Waals surface area contributed by atoms with Crippen molar-refractivity contribution >= 4 is 5.91 Å². The Morgan fingerprint density at radius 2 is 1.89 bits per heavy atom. The van der Waals surface area contributed by atoms with E-state index in [9.17, 15) is 9.90 Å². The topological polar surface area (TPSA) is 96.9 Å². The molecule has 0 aliphatic carbocycles. The molecular formula is C28H35N3O5. The van der Waals surface area contributed by atoms with Gasteiger partial charge in [-0.1, -0.05) is 32.0 Å². The zero-order chi connectivity index (χ0) is 25.8. The molecule has 1 aliphatic heterocycles. The molecule has 1 amide bonds. The van der Waals surface area contributed by atoms with Crippen LogP contribution in [0.15, 0.2) is 42.5 Å². The first kappa shape index (κ1) is 25.6. The Morgan fingerprint density at radius 3 is 2.58 bits per heavy atom. The third-order valence-electron chi connectivity index (χ3n) is 6.09. The number of nitrogens with one attached hydrogen (secondary N) is 1. The number of methoxy groups -OCH3 is 1. The first-order valence-corrected chi connectivity index (χ1v) is 12.4.